The quantitative estimate of drug-likeness (QED) is 0.812. The van der Waals surface area contributed by atoms with Crippen LogP contribution in [-0.2, 0) is 0 Å². The van der Waals surface area contributed by atoms with E-state index in [1.807, 2.05) is 18.2 Å². The van der Waals surface area contributed by atoms with Crippen molar-refractivity contribution in [2.75, 3.05) is 11.9 Å². The standard InChI is InChI=1S/C12H15ClN2S/c1-2-9(13)7-8-14-12-10-5-3-4-6-11(10)15-16-12/h3-6,9,14H,2,7-8H2,1H3. The third kappa shape index (κ3) is 2.66. The van der Waals surface area contributed by atoms with E-state index in [2.05, 4.69) is 22.7 Å². The summed E-state index contributed by atoms with van der Waals surface area (Å²) >= 11 is 7.59. The first-order chi connectivity index (χ1) is 7.81. The van der Waals surface area contributed by atoms with Crippen molar-refractivity contribution in [3.05, 3.63) is 24.3 Å². The summed E-state index contributed by atoms with van der Waals surface area (Å²) in [6.45, 7) is 3.02. The summed E-state index contributed by atoms with van der Waals surface area (Å²) < 4.78 is 4.38. The summed E-state index contributed by atoms with van der Waals surface area (Å²) in [6, 6.07) is 8.18. The molecule has 0 saturated heterocycles. The van der Waals surface area contributed by atoms with Crippen molar-refractivity contribution in [1.29, 1.82) is 0 Å². The van der Waals surface area contributed by atoms with Crippen molar-refractivity contribution in [3.63, 3.8) is 0 Å². The second-order valence-electron chi connectivity index (χ2n) is 3.75. The van der Waals surface area contributed by atoms with Crippen LogP contribution in [-0.4, -0.2) is 16.3 Å². The second-order valence-corrected chi connectivity index (χ2v) is 5.14. The van der Waals surface area contributed by atoms with Crippen molar-refractivity contribution in [1.82, 2.24) is 4.37 Å². The highest BCUT2D eigenvalue weighted by atomic mass is 35.5. The molecule has 0 aliphatic carbocycles. The van der Waals surface area contributed by atoms with Gasteiger partial charge in [0.05, 0.1) is 5.52 Å². The van der Waals surface area contributed by atoms with Gasteiger partial charge in [0, 0.05) is 17.3 Å². The van der Waals surface area contributed by atoms with Crippen LogP contribution >= 0.6 is 23.1 Å². The van der Waals surface area contributed by atoms with Gasteiger partial charge in [0.2, 0.25) is 0 Å². The van der Waals surface area contributed by atoms with Gasteiger partial charge >= 0.3 is 0 Å². The molecule has 4 heteroatoms. The molecule has 0 aliphatic heterocycles. The van der Waals surface area contributed by atoms with Gasteiger partial charge in [0.1, 0.15) is 5.00 Å². The van der Waals surface area contributed by atoms with E-state index in [1.54, 1.807) is 0 Å². The number of hydrogen-bond acceptors (Lipinski definition) is 3. The summed E-state index contributed by atoms with van der Waals surface area (Å²) in [5.74, 6) is 0. The zero-order valence-electron chi connectivity index (χ0n) is 9.24. The van der Waals surface area contributed by atoms with Crippen molar-refractivity contribution < 1.29 is 0 Å². The number of nitrogens with zero attached hydrogens (tertiary/aromatic N) is 1. The second kappa shape index (κ2) is 5.51. The molecule has 0 radical (unpaired) electrons. The smallest absolute Gasteiger partial charge is 0.117 e. The molecule has 0 saturated carbocycles. The number of hydrogen-bond donors (Lipinski definition) is 1. The topological polar surface area (TPSA) is 24.9 Å². The lowest BCUT2D eigenvalue weighted by molar-refractivity contribution is 0.754. The van der Waals surface area contributed by atoms with Gasteiger partial charge in [-0.3, -0.25) is 0 Å². The van der Waals surface area contributed by atoms with Crippen molar-refractivity contribution in [2.45, 2.75) is 25.1 Å². The highest BCUT2D eigenvalue weighted by Gasteiger charge is 2.05. The van der Waals surface area contributed by atoms with E-state index in [4.69, 9.17) is 11.6 Å². The molecule has 2 nitrogen and oxygen atoms in total. The maximum atomic E-state index is 6.07. The Hall–Kier alpha value is -0.800. The van der Waals surface area contributed by atoms with Crippen LogP contribution in [0.25, 0.3) is 10.9 Å². The lowest BCUT2D eigenvalue weighted by Gasteiger charge is -2.07. The summed E-state index contributed by atoms with van der Waals surface area (Å²) in [5.41, 5.74) is 1.06. The molecule has 0 aliphatic rings. The number of halogens is 1. The summed E-state index contributed by atoms with van der Waals surface area (Å²) in [5, 5.41) is 6.03. The van der Waals surface area contributed by atoms with E-state index < -0.39 is 0 Å². The first-order valence-electron chi connectivity index (χ1n) is 5.53. The zero-order valence-corrected chi connectivity index (χ0v) is 10.8. The van der Waals surface area contributed by atoms with Crippen LogP contribution in [0.15, 0.2) is 24.3 Å². The Morgan fingerprint density at radius 1 is 1.44 bits per heavy atom. The Kier molecular flexibility index (Phi) is 4.02. The van der Waals surface area contributed by atoms with E-state index in [1.165, 1.54) is 16.9 Å². The predicted molar refractivity (Wildman–Crippen MR) is 72.7 cm³/mol. The lowest BCUT2D eigenvalue weighted by atomic mass is 10.2. The maximum absolute atomic E-state index is 6.07. The van der Waals surface area contributed by atoms with Crippen LogP contribution < -0.4 is 5.32 Å². The van der Waals surface area contributed by atoms with Crippen molar-refractivity contribution in [2.24, 2.45) is 0 Å². The van der Waals surface area contributed by atoms with Crippen LogP contribution in [0.5, 0.6) is 0 Å². The summed E-state index contributed by atoms with van der Waals surface area (Å²) in [6.07, 6.45) is 2.01. The molecular formula is C12H15ClN2S. The first-order valence-corrected chi connectivity index (χ1v) is 6.74. The minimum Gasteiger partial charge on any atom is -0.375 e. The molecule has 1 unspecified atom stereocenters. The van der Waals surface area contributed by atoms with Gasteiger partial charge in [0.25, 0.3) is 0 Å². The average molecular weight is 255 g/mol. The number of aromatic nitrogens is 1. The Bertz CT molecular complexity index is 455. The number of rotatable bonds is 5. The number of fused-ring (bicyclic) bond motifs is 1. The molecule has 1 aromatic heterocycles. The van der Waals surface area contributed by atoms with Crippen LogP contribution in [0.1, 0.15) is 19.8 Å². The summed E-state index contributed by atoms with van der Waals surface area (Å²) in [7, 11) is 0. The van der Waals surface area contributed by atoms with E-state index in [0.29, 0.717) is 0 Å². The molecule has 0 bridgehead atoms. The average Bonchev–Trinajstić information content (AvgIpc) is 2.73. The number of benzene rings is 1. The molecule has 1 atom stereocenters. The van der Waals surface area contributed by atoms with Crippen molar-refractivity contribution >= 4 is 39.0 Å². The monoisotopic (exact) mass is 254 g/mol. The number of nitrogens with one attached hydrogen (secondary N) is 1. The normalized spacial score (nSPS) is 12.9. The minimum absolute atomic E-state index is 0.270. The van der Waals surface area contributed by atoms with Gasteiger partial charge < -0.3 is 5.32 Å². The third-order valence-electron chi connectivity index (χ3n) is 2.57. The SMILES string of the molecule is CCC(Cl)CCNc1snc2ccccc12. The van der Waals surface area contributed by atoms with Gasteiger partial charge in [-0.05, 0) is 36.5 Å². The largest absolute Gasteiger partial charge is 0.375 e. The molecule has 1 heterocycles. The molecule has 0 spiro atoms. The maximum Gasteiger partial charge on any atom is 0.117 e. The molecule has 0 amide bonds. The fourth-order valence-corrected chi connectivity index (χ4v) is 2.46. The van der Waals surface area contributed by atoms with E-state index in [-0.39, 0.29) is 5.38 Å². The fourth-order valence-electron chi connectivity index (χ4n) is 1.56. The van der Waals surface area contributed by atoms with Gasteiger partial charge in [0.15, 0.2) is 0 Å². The van der Waals surface area contributed by atoms with Gasteiger partial charge in [-0.15, -0.1) is 11.6 Å². The van der Waals surface area contributed by atoms with Crippen LogP contribution in [0, 0.1) is 0 Å². The van der Waals surface area contributed by atoms with E-state index in [9.17, 15) is 0 Å². The number of anilines is 1. The Morgan fingerprint density at radius 2 is 2.25 bits per heavy atom. The minimum atomic E-state index is 0.270. The van der Waals surface area contributed by atoms with Gasteiger partial charge in [-0.25, -0.2) is 0 Å². The Labute approximate surface area is 105 Å². The fraction of sp³-hybridized carbons (Fsp3) is 0.417. The van der Waals surface area contributed by atoms with Crippen LogP contribution in [0.2, 0.25) is 0 Å². The lowest BCUT2D eigenvalue weighted by Crippen LogP contribution is -2.07. The molecule has 1 aromatic carbocycles. The van der Waals surface area contributed by atoms with Crippen LogP contribution in [0.4, 0.5) is 5.00 Å². The molecular weight excluding hydrogens is 240 g/mol. The zero-order chi connectivity index (χ0) is 11.4. The molecule has 0 fully saturated rings. The molecule has 2 aromatic rings. The predicted octanol–water partition coefficient (Wildman–Crippen LogP) is 4.12. The number of alkyl halides is 1. The molecule has 86 valence electrons. The van der Waals surface area contributed by atoms with Crippen molar-refractivity contribution in [3.8, 4) is 0 Å². The van der Waals surface area contributed by atoms with Crippen LogP contribution in [0.3, 0.4) is 0 Å². The Balaban J connectivity index is 1.99. The third-order valence-corrected chi connectivity index (χ3v) is 3.93. The Morgan fingerprint density at radius 3 is 3.06 bits per heavy atom. The summed E-state index contributed by atoms with van der Waals surface area (Å²) in [4.78, 5) is 0. The van der Waals surface area contributed by atoms with Gasteiger partial charge in [-0.1, -0.05) is 19.1 Å². The molecule has 16 heavy (non-hydrogen) atoms. The first kappa shape index (κ1) is 11.7. The highest BCUT2D eigenvalue weighted by Crippen LogP contribution is 2.27. The van der Waals surface area contributed by atoms with E-state index >= 15 is 0 Å². The highest BCUT2D eigenvalue weighted by molar-refractivity contribution is 7.11. The van der Waals surface area contributed by atoms with E-state index in [0.717, 1.165) is 29.9 Å². The molecule has 1 N–H and O–H groups in total. The van der Waals surface area contributed by atoms with Gasteiger partial charge in [-0.2, -0.15) is 4.37 Å². The molecule has 2 rings (SSSR count).